The summed E-state index contributed by atoms with van der Waals surface area (Å²) in [4.78, 5) is 3.12. The molecule has 0 radical (unpaired) electrons. The molecule has 0 amide bonds. The minimum absolute atomic E-state index is 0.340. The molecule has 4 nitrogen and oxygen atoms in total. The standard InChI is InChI=1S/C21H26N2O2S/c24-26(25)15-10-21(17-26)23-13-11-22(12-14-23)16-18-6-8-20(9-7-18)19-4-2-1-3-5-19/h1-9,21H,10-17H2/p+2/t21-/m0/s1. The quantitative estimate of drug-likeness (QED) is 0.782. The Balaban J connectivity index is 1.31. The van der Waals surface area contributed by atoms with Gasteiger partial charge < -0.3 is 9.80 Å². The van der Waals surface area contributed by atoms with Gasteiger partial charge in [-0.3, -0.25) is 0 Å². The topological polar surface area (TPSA) is 43.0 Å². The molecular weight excluding hydrogens is 344 g/mol. The number of benzene rings is 2. The zero-order valence-electron chi connectivity index (χ0n) is 15.2. The maximum atomic E-state index is 11.7. The van der Waals surface area contributed by atoms with Crippen molar-refractivity contribution in [3.05, 3.63) is 60.2 Å². The second kappa shape index (κ2) is 7.51. The third kappa shape index (κ3) is 4.17. The van der Waals surface area contributed by atoms with Gasteiger partial charge in [-0.1, -0.05) is 54.6 Å². The van der Waals surface area contributed by atoms with Gasteiger partial charge in [0.15, 0.2) is 9.84 Å². The van der Waals surface area contributed by atoms with E-state index in [1.54, 1.807) is 4.90 Å². The fourth-order valence-electron chi connectivity index (χ4n) is 4.36. The van der Waals surface area contributed by atoms with Crippen LogP contribution in [0.25, 0.3) is 11.1 Å². The lowest BCUT2D eigenvalue weighted by molar-refractivity contribution is -1.03. The number of sulfone groups is 1. The molecule has 0 unspecified atom stereocenters. The van der Waals surface area contributed by atoms with E-state index in [-0.39, 0.29) is 0 Å². The van der Waals surface area contributed by atoms with Crippen molar-refractivity contribution in [2.75, 3.05) is 37.7 Å². The number of piperazine rings is 1. The number of nitrogens with one attached hydrogen (secondary N) is 2. The lowest BCUT2D eigenvalue weighted by atomic mass is 10.0. The summed E-state index contributed by atoms with van der Waals surface area (Å²) in [7, 11) is -2.76. The number of rotatable bonds is 4. The van der Waals surface area contributed by atoms with Crippen LogP contribution in [-0.2, 0) is 16.4 Å². The molecule has 4 rings (SSSR count). The SMILES string of the molecule is O=S1(=O)CC[C@H]([NH+]2CC[NH+](Cc3ccc(-c4ccccc4)cc3)CC2)C1. The highest BCUT2D eigenvalue weighted by atomic mass is 32.2. The normalized spacial score (nSPS) is 28.1. The van der Waals surface area contributed by atoms with Gasteiger partial charge in [-0.15, -0.1) is 0 Å². The first kappa shape index (κ1) is 17.7. The second-order valence-electron chi connectivity index (χ2n) is 7.75. The number of quaternary nitrogens is 2. The molecule has 2 fully saturated rings. The van der Waals surface area contributed by atoms with E-state index >= 15 is 0 Å². The van der Waals surface area contributed by atoms with Gasteiger partial charge in [0.1, 0.15) is 44.5 Å². The van der Waals surface area contributed by atoms with Gasteiger partial charge in [-0.2, -0.15) is 0 Å². The summed E-state index contributed by atoms with van der Waals surface area (Å²) in [6.45, 7) is 5.51. The van der Waals surface area contributed by atoms with E-state index in [4.69, 9.17) is 0 Å². The minimum atomic E-state index is -2.76. The van der Waals surface area contributed by atoms with Crippen molar-refractivity contribution in [1.29, 1.82) is 0 Å². The van der Waals surface area contributed by atoms with Crippen LogP contribution in [0.4, 0.5) is 0 Å². The highest BCUT2D eigenvalue weighted by molar-refractivity contribution is 7.91. The fraction of sp³-hybridized carbons (Fsp3) is 0.429. The summed E-state index contributed by atoms with van der Waals surface area (Å²) in [6, 6.07) is 19.8. The molecule has 0 aromatic heterocycles. The first-order chi connectivity index (χ1) is 12.6. The molecule has 0 aliphatic carbocycles. The monoisotopic (exact) mass is 372 g/mol. The number of hydrogen-bond acceptors (Lipinski definition) is 2. The molecule has 26 heavy (non-hydrogen) atoms. The van der Waals surface area contributed by atoms with Gasteiger partial charge in [0.05, 0.1) is 5.75 Å². The van der Waals surface area contributed by atoms with Crippen LogP contribution in [0.1, 0.15) is 12.0 Å². The molecule has 2 saturated heterocycles. The van der Waals surface area contributed by atoms with Gasteiger partial charge in [-0.05, 0) is 11.1 Å². The summed E-state index contributed by atoms with van der Waals surface area (Å²) in [5.74, 6) is 0.796. The highest BCUT2D eigenvalue weighted by Gasteiger charge is 2.37. The molecule has 0 spiro atoms. The van der Waals surface area contributed by atoms with Crippen molar-refractivity contribution < 1.29 is 18.2 Å². The first-order valence-corrected chi connectivity index (χ1v) is 11.4. The third-order valence-corrected chi connectivity index (χ3v) is 7.69. The predicted octanol–water partition coefficient (Wildman–Crippen LogP) is -0.176. The fourth-order valence-corrected chi connectivity index (χ4v) is 6.19. The Morgan fingerprint density at radius 3 is 2.12 bits per heavy atom. The molecule has 2 aliphatic heterocycles. The van der Waals surface area contributed by atoms with Crippen LogP contribution < -0.4 is 9.80 Å². The average molecular weight is 373 g/mol. The molecule has 138 valence electrons. The van der Waals surface area contributed by atoms with Gasteiger partial charge in [0.25, 0.3) is 0 Å². The zero-order chi connectivity index (χ0) is 18.0. The lowest BCUT2D eigenvalue weighted by Crippen LogP contribution is -3.29. The summed E-state index contributed by atoms with van der Waals surface area (Å²) in [5, 5.41) is 0. The lowest BCUT2D eigenvalue weighted by Gasteiger charge is -2.32. The van der Waals surface area contributed by atoms with Crippen molar-refractivity contribution in [2.24, 2.45) is 0 Å². The van der Waals surface area contributed by atoms with Crippen molar-refractivity contribution in [3.8, 4) is 11.1 Å². The maximum Gasteiger partial charge on any atom is 0.156 e. The van der Waals surface area contributed by atoms with Crippen molar-refractivity contribution >= 4 is 9.84 Å². The summed E-state index contributed by atoms with van der Waals surface area (Å²) >= 11 is 0. The summed E-state index contributed by atoms with van der Waals surface area (Å²) in [6.07, 6.45) is 0.855. The van der Waals surface area contributed by atoms with E-state index < -0.39 is 9.84 Å². The molecule has 2 aliphatic rings. The van der Waals surface area contributed by atoms with Crippen LogP contribution in [0, 0.1) is 0 Å². The second-order valence-corrected chi connectivity index (χ2v) is 9.98. The van der Waals surface area contributed by atoms with E-state index in [1.807, 2.05) is 6.07 Å². The third-order valence-electron chi connectivity index (χ3n) is 5.92. The van der Waals surface area contributed by atoms with E-state index in [0.717, 1.165) is 39.1 Å². The van der Waals surface area contributed by atoms with Crippen molar-refractivity contribution in [3.63, 3.8) is 0 Å². The average Bonchev–Trinajstić information content (AvgIpc) is 3.04. The van der Waals surface area contributed by atoms with Crippen molar-refractivity contribution in [1.82, 2.24) is 0 Å². The Morgan fingerprint density at radius 2 is 1.50 bits per heavy atom. The molecule has 1 atom stereocenters. The highest BCUT2D eigenvalue weighted by Crippen LogP contribution is 2.18. The number of hydrogen-bond donors (Lipinski definition) is 2. The molecule has 2 aromatic carbocycles. The summed E-state index contributed by atoms with van der Waals surface area (Å²) in [5.41, 5.74) is 3.91. The van der Waals surface area contributed by atoms with Crippen LogP contribution in [0.15, 0.2) is 54.6 Å². The Kier molecular flexibility index (Phi) is 5.11. The molecule has 5 heteroatoms. The van der Waals surface area contributed by atoms with Crippen LogP contribution in [0.2, 0.25) is 0 Å². The molecule has 2 N–H and O–H groups in total. The van der Waals surface area contributed by atoms with Gasteiger partial charge >= 0.3 is 0 Å². The minimum Gasteiger partial charge on any atom is -0.322 e. The molecule has 2 aromatic rings. The van der Waals surface area contributed by atoms with Crippen molar-refractivity contribution in [2.45, 2.75) is 19.0 Å². The van der Waals surface area contributed by atoms with Crippen LogP contribution in [0.3, 0.4) is 0 Å². The van der Waals surface area contributed by atoms with Crippen LogP contribution >= 0.6 is 0 Å². The summed E-state index contributed by atoms with van der Waals surface area (Å²) < 4.78 is 23.4. The van der Waals surface area contributed by atoms with E-state index in [2.05, 4.69) is 48.5 Å². The van der Waals surface area contributed by atoms with Crippen LogP contribution in [0.5, 0.6) is 0 Å². The van der Waals surface area contributed by atoms with E-state index in [9.17, 15) is 8.42 Å². The molecule has 0 bridgehead atoms. The Labute approximate surface area is 156 Å². The molecular formula is C21H28N2O2S+2. The smallest absolute Gasteiger partial charge is 0.156 e. The zero-order valence-corrected chi connectivity index (χ0v) is 16.0. The van der Waals surface area contributed by atoms with Crippen LogP contribution in [-0.4, -0.2) is 52.1 Å². The molecule has 2 heterocycles. The predicted molar refractivity (Wildman–Crippen MR) is 104 cm³/mol. The van der Waals surface area contributed by atoms with Gasteiger partial charge in [-0.25, -0.2) is 8.42 Å². The largest absolute Gasteiger partial charge is 0.322 e. The maximum absolute atomic E-state index is 11.7. The Hall–Kier alpha value is -1.69. The van der Waals surface area contributed by atoms with E-state index in [1.165, 1.54) is 21.6 Å². The van der Waals surface area contributed by atoms with Gasteiger partial charge in [0, 0.05) is 12.0 Å². The first-order valence-electron chi connectivity index (χ1n) is 9.62. The molecule has 0 saturated carbocycles. The van der Waals surface area contributed by atoms with Gasteiger partial charge in [0.2, 0.25) is 0 Å². The Bertz CT molecular complexity index is 826. The van der Waals surface area contributed by atoms with E-state index in [0.29, 0.717) is 17.5 Å². The Morgan fingerprint density at radius 1 is 0.846 bits per heavy atom.